The van der Waals surface area contributed by atoms with Gasteiger partial charge in [0.25, 0.3) is 0 Å². The Morgan fingerprint density at radius 1 is 1.54 bits per heavy atom. The second-order valence-electron chi connectivity index (χ2n) is 3.06. The quantitative estimate of drug-likeness (QED) is 0.885. The predicted octanol–water partition coefficient (Wildman–Crippen LogP) is 2.43. The van der Waals surface area contributed by atoms with Gasteiger partial charge >= 0.3 is 0 Å². The van der Waals surface area contributed by atoms with Crippen LogP contribution in [-0.4, -0.2) is 18.1 Å². The molecule has 0 saturated heterocycles. The number of hydrogen-bond donors (Lipinski definition) is 1. The molecule has 2 rings (SSSR count). The van der Waals surface area contributed by atoms with Crippen molar-refractivity contribution in [2.75, 3.05) is 12.4 Å². The van der Waals surface area contributed by atoms with E-state index in [0.29, 0.717) is 6.10 Å². The molecule has 0 unspecified atom stereocenters. The lowest BCUT2D eigenvalue weighted by molar-refractivity contribution is 0.303. The fourth-order valence-corrected chi connectivity index (χ4v) is 1.63. The average Bonchev–Trinajstić information content (AvgIpc) is 2.89. The minimum Gasteiger partial charge on any atom is -0.487 e. The summed E-state index contributed by atoms with van der Waals surface area (Å²) in [6, 6.07) is 0. The van der Waals surface area contributed by atoms with Crippen molar-refractivity contribution in [2.45, 2.75) is 18.9 Å². The van der Waals surface area contributed by atoms with Crippen LogP contribution in [0.4, 0.5) is 5.69 Å². The largest absolute Gasteiger partial charge is 0.487 e. The zero-order chi connectivity index (χ0) is 9.26. The highest BCUT2D eigenvalue weighted by atomic mass is 79.9. The molecule has 1 aromatic heterocycles. The molecule has 13 heavy (non-hydrogen) atoms. The molecule has 0 atom stereocenters. The molecule has 0 aliphatic heterocycles. The van der Waals surface area contributed by atoms with Gasteiger partial charge in [0.15, 0.2) is 5.75 Å². The zero-order valence-corrected chi connectivity index (χ0v) is 8.97. The molecule has 0 aromatic carbocycles. The van der Waals surface area contributed by atoms with Crippen LogP contribution in [0, 0.1) is 0 Å². The molecule has 1 aliphatic rings. The number of aromatic nitrogens is 1. The third kappa shape index (κ3) is 1.94. The maximum absolute atomic E-state index is 5.67. The lowest BCUT2D eigenvalue weighted by Crippen LogP contribution is -2.01. The summed E-state index contributed by atoms with van der Waals surface area (Å²) in [7, 11) is 1.87. The lowest BCUT2D eigenvalue weighted by Gasteiger charge is -2.10. The van der Waals surface area contributed by atoms with E-state index in [1.807, 2.05) is 7.05 Å². The molecule has 70 valence electrons. The van der Waals surface area contributed by atoms with Gasteiger partial charge in [0, 0.05) is 13.2 Å². The summed E-state index contributed by atoms with van der Waals surface area (Å²) in [5.41, 5.74) is 0.974. The van der Waals surface area contributed by atoms with E-state index in [0.717, 1.165) is 28.8 Å². The molecule has 0 spiro atoms. The highest BCUT2D eigenvalue weighted by Crippen LogP contribution is 2.35. The van der Waals surface area contributed by atoms with Crippen LogP contribution in [0.25, 0.3) is 0 Å². The molecule has 0 bridgehead atoms. The highest BCUT2D eigenvalue weighted by Gasteiger charge is 2.24. The number of hydrogen-bond acceptors (Lipinski definition) is 3. The normalized spacial score (nSPS) is 15.5. The van der Waals surface area contributed by atoms with E-state index in [1.54, 1.807) is 12.4 Å². The van der Waals surface area contributed by atoms with E-state index in [-0.39, 0.29) is 0 Å². The molecule has 1 saturated carbocycles. The fraction of sp³-hybridized carbons (Fsp3) is 0.444. The first-order valence-electron chi connectivity index (χ1n) is 4.29. The average molecular weight is 243 g/mol. The van der Waals surface area contributed by atoms with Crippen LogP contribution in [0.3, 0.4) is 0 Å². The zero-order valence-electron chi connectivity index (χ0n) is 7.38. The van der Waals surface area contributed by atoms with Gasteiger partial charge in [-0.1, -0.05) is 0 Å². The van der Waals surface area contributed by atoms with Crippen molar-refractivity contribution in [3.05, 3.63) is 16.9 Å². The van der Waals surface area contributed by atoms with Gasteiger partial charge < -0.3 is 10.1 Å². The van der Waals surface area contributed by atoms with Gasteiger partial charge in [0.05, 0.1) is 22.5 Å². The first kappa shape index (κ1) is 8.81. The molecule has 1 heterocycles. The maximum Gasteiger partial charge on any atom is 0.162 e. The molecule has 1 N–H and O–H groups in total. The molecular weight excluding hydrogens is 232 g/mol. The third-order valence-electron chi connectivity index (χ3n) is 1.93. The van der Waals surface area contributed by atoms with Crippen molar-refractivity contribution < 1.29 is 4.74 Å². The van der Waals surface area contributed by atoms with Crippen LogP contribution < -0.4 is 10.1 Å². The standard InChI is InChI=1S/C9H11BrN2O/c1-11-9-7(10)4-12-5-8(9)13-6-2-3-6/h4-6H,2-3H2,1H3,(H,11,12). The predicted molar refractivity (Wildman–Crippen MR) is 55.1 cm³/mol. The number of pyridine rings is 1. The van der Waals surface area contributed by atoms with E-state index in [1.165, 1.54) is 0 Å². The third-order valence-corrected chi connectivity index (χ3v) is 2.53. The second-order valence-corrected chi connectivity index (χ2v) is 3.92. The summed E-state index contributed by atoms with van der Waals surface area (Å²) in [5.74, 6) is 0.833. The highest BCUT2D eigenvalue weighted by molar-refractivity contribution is 9.10. The van der Waals surface area contributed by atoms with E-state index in [4.69, 9.17) is 4.74 Å². The van der Waals surface area contributed by atoms with Crippen molar-refractivity contribution >= 4 is 21.6 Å². The van der Waals surface area contributed by atoms with E-state index >= 15 is 0 Å². The molecule has 4 heteroatoms. The Morgan fingerprint density at radius 3 is 2.92 bits per heavy atom. The number of nitrogens with one attached hydrogen (secondary N) is 1. The summed E-state index contributed by atoms with van der Waals surface area (Å²) >= 11 is 3.41. The molecular formula is C9H11BrN2O. The van der Waals surface area contributed by atoms with Crippen molar-refractivity contribution in [3.63, 3.8) is 0 Å². The van der Waals surface area contributed by atoms with Gasteiger partial charge in [0.2, 0.25) is 0 Å². The van der Waals surface area contributed by atoms with E-state index < -0.39 is 0 Å². The Labute approximate surface area is 85.6 Å². The molecule has 1 aromatic rings. The molecule has 3 nitrogen and oxygen atoms in total. The molecule has 1 fully saturated rings. The van der Waals surface area contributed by atoms with Gasteiger partial charge in [-0.3, -0.25) is 4.98 Å². The molecule has 0 radical (unpaired) electrons. The lowest BCUT2D eigenvalue weighted by atomic mass is 10.4. The van der Waals surface area contributed by atoms with Crippen LogP contribution in [0.1, 0.15) is 12.8 Å². The monoisotopic (exact) mass is 242 g/mol. The van der Waals surface area contributed by atoms with Crippen molar-refractivity contribution in [1.82, 2.24) is 4.98 Å². The maximum atomic E-state index is 5.67. The summed E-state index contributed by atoms with van der Waals surface area (Å²) < 4.78 is 6.61. The second kappa shape index (κ2) is 3.54. The van der Waals surface area contributed by atoms with Gasteiger partial charge in [-0.05, 0) is 28.8 Å². The van der Waals surface area contributed by atoms with Crippen molar-refractivity contribution in [3.8, 4) is 5.75 Å². The number of rotatable bonds is 3. The fourth-order valence-electron chi connectivity index (χ4n) is 1.11. The Kier molecular flexibility index (Phi) is 2.40. The molecule has 1 aliphatic carbocycles. The van der Waals surface area contributed by atoms with Crippen molar-refractivity contribution in [2.24, 2.45) is 0 Å². The Balaban J connectivity index is 2.25. The summed E-state index contributed by atoms with van der Waals surface area (Å²) in [4.78, 5) is 4.06. The van der Waals surface area contributed by atoms with Crippen LogP contribution in [-0.2, 0) is 0 Å². The van der Waals surface area contributed by atoms with Gasteiger partial charge in [-0.25, -0.2) is 0 Å². The van der Waals surface area contributed by atoms with E-state index in [9.17, 15) is 0 Å². The summed E-state index contributed by atoms with van der Waals surface area (Å²) in [6.07, 6.45) is 6.23. The first-order chi connectivity index (χ1) is 6.31. The minimum atomic E-state index is 0.406. The topological polar surface area (TPSA) is 34.2 Å². The van der Waals surface area contributed by atoms with Crippen LogP contribution in [0.15, 0.2) is 16.9 Å². The van der Waals surface area contributed by atoms with Crippen LogP contribution in [0.5, 0.6) is 5.75 Å². The first-order valence-corrected chi connectivity index (χ1v) is 5.08. The van der Waals surface area contributed by atoms with Gasteiger partial charge in [-0.15, -0.1) is 0 Å². The Hall–Kier alpha value is -0.770. The summed E-state index contributed by atoms with van der Waals surface area (Å²) in [5, 5.41) is 3.09. The van der Waals surface area contributed by atoms with Crippen molar-refractivity contribution in [1.29, 1.82) is 0 Å². The Bertz CT molecular complexity index is 312. The number of ether oxygens (including phenoxy) is 1. The number of anilines is 1. The Morgan fingerprint density at radius 2 is 2.31 bits per heavy atom. The van der Waals surface area contributed by atoms with E-state index in [2.05, 4.69) is 26.2 Å². The molecule has 0 amide bonds. The smallest absolute Gasteiger partial charge is 0.162 e. The SMILES string of the molecule is CNc1c(Br)cncc1OC1CC1. The van der Waals surface area contributed by atoms with Gasteiger partial charge in [-0.2, -0.15) is 0 Å². The van der Waals surface area contributed by atoms with Crippen LogP contribution in [0.2, 0.25) is 0 Å². The summed E-state index contributed by atoms with van der Waals surface area (Å²) in [6.45, 7) is 0. The van der Waals surface area contributed by atoms with Gasteiger partial charge in [0.1, 0.15) is 0 Å². The minimum absolute atomic E-state index is 0.406. The number of nitrogens with zero attached hydrogens (tertiary/aromatic N) is 1. The van der Waals surface area contributed by atoms with Crippen LogP contribution >= 0.6 is 15.9 Å². The number of halogens is 1.